The first kappa shape index (κ1) is 15.1. The highest BCUT2D eigenvalue weighted by atomic mass is 32.2. The summed E-state index contributed by atoms with van der Waals surface area (Å²) in [5, 5.41) is 12.4. The minimum Gasteiger partial charge on any atom is -0.300 e. The summed E-state index contributed by atoms with van der Waals surface area (Å²) < 4.78 is 0. The molecule has 0 amide bonds. The van der Waals surface area contributed by atoms with E-state index < -0.39 is 0 Å². The van der Waals surface area contributed by atoms with Gasteiger partial charge >= 0.3 is 0 Å². The molecule has 0 aliphatic rings. The standard InChI is InChI=1S/C15H22N2S/c1-4-17-15(3,12-16)10-5-11-18-14-8-6-13(2)7-9-14/h6-9,17H,4-5,10-11H2,1-3H3. The van der Waals surface area contributed by atoms with Crippen molar-refractivity contribution in [2.75, 3.05) is 12.3 Å². The van der Waals surface area contributed by atoms with E-state index in [9.17, 15) is 0 Å². The number of aryl methyl sites for hydroxylation is 1. The number of benzene rings is 1. The van der Waals surface area contributed by atoms with Gasteiger partial charge in [-0.2, -0.15) is 5.26 Å². The first-order valence-electron chi connectivity index (χ1n) is 6.45. The summed E-state index contributed by atoms with van der Waals surface area (Å²) in [6, 6.07) is 11.0. The van der Waals surface area contributed by atoms with Crippen LogP contribution in [0.25, 0.3) is 0 Å². The molecule has 0 heterocycles. The first-order valence-corrected chi connectivity index (χ1v) is 7.44. The summed E-state index contributed by atoms with van der Waals surface area (Å²) in [5.41, 5.74) is 0.923. The summed E-state index contributed by atoms with van der Waals surface area (Å²) in [5.74, 6) is 1.06. The normalized spacial score (nSPS) is 13.9. The molecule has 0 fully saturated rings. The number of nitrogens with one attached hydrogen (secondary N) is 1. The van der Waals surface area contributed by atoms with E-state index in [4.69, 9.17) is 5.26 Å². The average Bonchev–Trinajstić information content (AvgIpc) is 2.37. The zero-order valence-corrected chi connectivity index (χ0v) is 12.3. The number of nitrogens with zero attached hydrogens (tertiary/aromatic N) is 1. The molecule has 1 N–H and O–H groups in total. The Balaban J connectivity index is 2.30. The monoisotopic (exact) mass is 262 g/mol. The topological polar surface area (TPSA) is 35.8 Å². The molecule has 1 atom stereocenters. The van der Waals surface area contributed by atoms with Gasteiger partial charge in [0.2, 0.25) is 0 Å². The predicted octanol–water partition coefficient (Wildman–Crippen LogP) is 3.76. The molecule has 0 saturated carbocycles. The van der Waals surface area contributed by atoms with Crippen molar-refractivity contribution in [1.82, 2.24) is 5.32 Å². The molecule has 1 unspecified atom stereocenters. The van der Waals surface area contributed by atoms with Crippen molar-refractivity contribution >= 4 is 11.8 Å². The molecule has 1 aromatic carbocycles. The Morgan fingerprint density at radius 3 is 2.56 bits per heavy atom. The van der Waals surface area contributed by atoms with Crippen molar-refractivity contribution in [2.45, 2.75) is 44.0 Å². The number of nitriles is 1. The second-order valence-corrected chi connectivity index (χ2v) is 5.91. The van der Waals surface area contributed by atoms with Crippen LogP contribution >= 0.6 is 11.8 Å². The highest BCUT2D eigenvalue weighted by Crippen LogP contribution is 2.21. The Hall–Kier alpha value is -0.980. The van der Waals surface area contributed by atoms with Crippen LogP contribution in [0.15, 0.2) is 29.2 Å². The van der Waals surface area contributed by atoms with E-state index in [-0.39, 0.29) is 5.54 Å². The molecule has 0 aromatic heterocycles. The number of rotatable bonds is 7. The third-order valence-corrected chi connectivity index (χ3v) is 4.02. The molecular formula is C15H22N2S. The van der Waals surface area contributed by atoms with E-state index in [1.54, 1.807) is 0 Å². The minimum absolute atomic E-state index is 0.372. The third-order valence-electron chi connectivity index (χ3n) is 2.92. The van der Waals surface area contributed by atoms with Crippen LogP contribution in [0.3, 0.4) is 0 Å². The second kappa shape index (κ2) is 7.45. The van der Waals surface area contributed by atoms with Gasteiger partial charge in [0.25, 0.3) is 0 Å². The van der Waals surface area contributed by atoms with Gasteiger partial charge in [-0.15, -0.1) is 11.8 Å². The summed E-state index contributed by atoms with van der Waals surface area (Å²) in [7, 11) is 0. The Morgan fingerprint density at radius 1 is 1.33 bits per heavy atom. The van der Waals surface area contributed by atoms with Crippen molar-refractivity contribution in [3.63, 3.8) is 0 Å². The molecule has 0 saturated heterocycles. The van der Waals surface area contributed by atoms with Gasteiger partial charge in [-0.3, -0.25) is 5.32 Å². The maximum atomic E-state index is 9.14. The van der Waals surface area contributed by atoms with Gasteiger partial charge in [-0.1, -0.05) is 24.6 Å². The largest absolute Gasteiger partial charge is 0.300 e. The van der Waals surface area contributed by atoms with E-state index in [0.717, 1.165) is 25.1 Å². The van der Waals surface area contributed by atoms with Gasteiger partial charge in [-0.25, -0.2) is 0 Å². The lowest BCUT2D eigenvalue weighted by molar-refractivity contribution is 0.426. The summed E-state index contributed by atoms with van der Waals surface area (Å²) >= 11 is 1.86. The molecule has 3 heteroatoms. The van der Waals surface area contributed by atoms with Crippen molar-refractivity contribution in [3.05, 3.63) is 29.8 Å². The molecule has 0 radical (unpaired) electrons. The van der Waals surface area contributed by atoms with E-state index in [1.165, 1.54) is 10.5 Å². The summed E-state index contributed by atoms with van der Waals surface area (Å²) in [4.78, 5) is 1.31. The molecule has 18 heavy (non-hydrogen) atoms. The van der Waals surface area contributed by atoms with Crippen LogP contribution in [0.4, 0.5) is 0 Å². The molecular weight excluding hydrogens is 240 g/mol. The van der Waals surface area contributed by atoms with Crippen LogP contribution in [-0.2, 0) is 0 Å². The Kier molecular flexibility index (Phi) is 6.24. The third kappa shape index (κ3) is 5.12. The van der Waals surface area contributed by atoms with Gasteiger partial charge < -0.3 is 0 Å². The molecule has 0 aliphatic heterocycles. The van der Waals surface area contributed by atoms with Gasteiger partial charge in [0.1, 0.15) is 5.54 Å². The van der Waals surface area contributed by atoms with Crippen molar-refractivity contribution in [3.8, 4) is 6.07 Å². The molecule has 1 aromatic rings. The van der Waals surface area contributed by atoms with Crippen LogP contribution in [0.1, 0.15) is 32.3 Å². The molecule has 0 spiro atoms. The van der Waals surface area contributed by atoms with Crippen LogP contribution in [0.5, 0.6) is 0 Å². The second-order valence-electron chi connectivity index (χ2n) is 4.74. The SMILES string of the molecule is CCNC(C)(C#N)CCCSc1ccc(C)cc1. The molecule has 1 rings (SSSR count). The molecule has 0 aliphatic carbocycles. The summed E-state index contributed by atoms with van der Waals surface area (Å²) in [6.45, 7) is 6.96. The van der Waals surface area contributed by atoms with Gasteiger partial charge in [0.15, 0.2) is 0 Å². The van der Waals surface area contributed by atoms with Crippen LogP contribution in [0, 0.1) is 18.3 Å². The van der Waals surface area contributed by atoms with E-state index in [0.29, 0.717) is 0 Å². The molecule has 2 nitrogen and oxygen atoms in total. The van der Waals surface area contributed by atoms with Crippen molar-refractivity contribution < 1.29 is 0 Å². The number of hydrogen-bond donors (Lipinski definition) is 1. The summed E-state index contributed by atoms with van der Waals surface area (Å²) in [6.07, 6.45) is 1.95. The van der Waals surface area contributed by atoms with Crippen LogP contribution in [-0.4, -0.2) is 17.8 Å². The number of thioether (sulfide) groups is 1. The maximum Gasteiger partial charge on any atom is 0.103 e. The highest BCUT2D eigenvalue weighted by Gasteiger charge is 2.21. The smallest absolute Gasteiger partial charge is 0.103 e. The first-order chi connectivity index (χ1) is 8.59. The Morgan fingerprint density at radius 2 is 2.00 bits per heavy atom. The highest BCUT2D eigenvalue weighted by molar-refractivity contribution is 7.99. The maximum absolute atomic E-state index is 9.14. The van der Waals surface area contributed by atoms with Crippen molar-refractivity contribution in [2.24, 2.45) is 0 Å². The fourth-order valence-corrected chi connectivity index (χ4v) is 2.68. The van der Waals surface area contributed by atoms with E-state index >= 15 is 0 Å². The van der Waals surface area contributed by atoms with Crippen LogP contribution < -0.4 is 5.32 Å². The van der Waals surface area contributed by atoms with Crippen LogP contribution in [0.2, 0.25) is 0 Å². The number of hydrogen-bond acceptors (Lipinski definition) is 3. The lowest BCUT2D eigenvalue weighted by atomic mass is 9.98. The zero-order valence-electron chi connectivity index (χ0n) is 11.5. The lowest BCUT2D eigenvalue weighted by Crippen LogP contribution is -2.40. The average molecular weight is 262 g/mol. The van der Waals surface area contributed by atoms with E-state index in [2.05, 4.69) is 42.6 Å². The minimum atomic E-state index is -0.372. The van der Waals surface area contributed by atoms with Gasteiger partial charge in [-0.05, 0) is 51.1 Å². The zero-order chi connectivity index (χ0) is 13.4. The Bertz CT molecular complexity index is 394. The van der Waals surface area contributed by atoms with Gasteiger partial charge in [0, 0.05) is 4.90 Å². The fourth-order valence-electron chi connectivity index (χ4n) is 1.82. The van der Waals surface area contributed by atoms with Crippen molar-refractivity contribution in [1.29, 1.82) is 5.26 Å². The van der Waals surface area contributed by atoms with E-state index in [1.807, 2.05) is 25.6 Å². The fraction of sp³-hybridized carbons (Fsp3) is 0.533. The molecule has 98 valence electrons. The van der Waals surface area contributed by atoms with Gasteiger partial charge in [0.05, 0.1) is 6.07 Å². The quantitative estimate of drug-likeness (QED) is 0.600. The Labute approximate surface area is 115 Å². The molecule has 0 bridgehead atoms. The predicted molar refractivity (Wildman–Crippen MR) is 78.8 cm³/mol. The lowest BCUT2D eigenvalue weighted by Gasteiger charge is -2.22.